The van der Waals surface area contributed by atoms with Crippen LogP contribution in [-0.4, -0.2) is 13.3 Å². The summed E-state index contributed by atoms with van der Waals surface area (Å²) < 4.78 is 0. The highest BCUT2D eigenvalue weighted by molar-refractivity contribution is 5.55. The molecule has 2 heteroatoms. The first-order chi connectivity index (χ1) is 5.41. The van der Waals surface area contributed by atoms with Gasteiger partial charge >= 0.3 is 0 Å². The van der Waals surface area contributed by atoms with Gasteiger partial charge in [0, 0.05) is 6.21 Å². The van der Waals surface area contributed by atoms with Crippen molar-refractivity contribution in [3.8, 4) is 0 Å². The number of unbranched alkanes of at least 4 members (excludes halogenated alkanes) is 5. The molecule has 0 heterocycles. The summed E-state index contributed by atoms with van der Waals surface area (Å²) >= 11 is 0. The third-order valence-corrected chi connectivity index (χ3v) is 1.51. The van der Waals surface area contributed by atoms with E-state index in [-0.39, 0.29) is 0 Å². The van der Waals surface area contributed by atoms with Gasteiger partial charge in [-0.15, -0.1) is 0 Å². The summed E-state index contributed by atoms with van der Waals surface area (Å²) in [5, 5.41) is 3.65. The molecule has 0 aliphatic heterocycles. The van der Waals surface area contributed by atoms with Crippen LogP contribution in [0, 0.1) is 6.92 Å². The molecule has 0 saturated heterocycles. The van der Waals surface area contributed by atoms with E-state index in [2.05, 4.69) is 16.9 Å². The highest BCUT2D eigenvalue weighted by Crippen LogP contribution is 2.03. The molecule has 0 unspecified atom stereocenters. The van der Waals surface area contributed by atoms with Crippen molar-refractivity contribution in [3.63, 3.8) is 0 Å². The molecule has 65 valence electrons. The van der Waals surface area contributed by atoms with Crippen LogP contribution in [0.3, 0.4) is 0 Å². The molecule has 2 nitrogen and oxygen atoms in total. The molecule has 0 aromatic carbocycles. The van der Waals surface area contributed by atoms with Crippen molar-refractivity contribution >= 4 is 6.21 Å². The quantitative estimate of drug-likeness (QED) is 0.315. The van der Waals surface area contributed by atoms with Crippen molar-refractivity contribution in [1.29, 1.82) is 0 Å². The Morgan fingerprint density at radius 1 is 1.27 bits per heavy atom. The average molecular weight is 156 g/mol. The van der Waals surface area contributed by atoms with Crippen molar-refractivity contribution in [2.45, 2.75) is 38.5 Å². The van der Waals surface area contributed by atoms with E-state index in [1.807, 2.05) is 6.21 Å². The van der Waals surface area contributed by atoms with Crippen LogP contribution in [0.25, 0.3) is 0 Å². The lowest BCUT2D eigenvalue weighted by Gasteiger charge is -1.94. The van der Waals surface area contributed by atoms with Gasteiger partial charge in [-0.25, -0.2) is 0 Å². The van der Waals surface area contributed by atoms with Gasteiger partial charge in [-0.05, 0) is 12.8 Å². The van der Waals surface area contributed by atoms with Gasteiger partial charge < -0.3 is 4.84 Å². The fourth-order valence-electron chi connectivity index (χ4n) is 0.893. The second-order valence-corrected chi connectivity index (χ2v) is 2.53. The van der Waals surface area contributed by atoms with Crippen LogP contribution >= 0.6 is 0 Å². The zero-order valence-corrected chi connectivity index (χ0v) is 7.38. The van der Waals surface area contributed by atoms with Crippen LogP contribution in [0.15, 0.2) is 5.16 Å². The molecule has 0 fully saturated rings. The maximum Gasteiger partial charge on any atom is 0.106 e. The Kier molecular flexibility index (Phi) is 9.01. The third kappa shape index (κ3) is 9.47. The average Bonchev–Trinajstić information content (AvgIpc) is 2.03. The van der Waals surface area contributed by atoms with Crippen LogP contribution < -0.4 is 0 Å². The fourth-order valence-corrected chi connectivity index (χ4v) is 0.893. The van der Waals surface area contributed by atoms with E-state index in [0.717, 1.165) is 12.8 Å². The lowest BCUT2D eigenvalue weighted by atomic mass is 10.1. The predicted octanol–water partition coefficient (Wildman–Crippen LogP) is 2.79. The van der Waals surface area contributed by atoms with Gasteiger partial charge in [-0.3, -0.25) is 0 Å². The minimum Gasteiger partial charge on any atom is -0.399 e. The Morgan fingerprint density at radius 3 is 2.64 bits per heavy atom. The van der Waals surface area contributed by atoms with Gasteiger partial charge in [0.15, 0.2) is 0 Å². The lowest BCUT2D eigenvalue weighted by Crippen LogP contribution is -1.80. The fraction of sp³-hybridized carbons (Fsp3) is 0.778. The number of rotatable bonds is 7. The summed E-state index contributed by atoms with van der Waals surface area (Å²) in [6.45, 7) is 3.79. The van der Waals surface area contributed by atoms with E-state index < -0.39 is 0 Å². The van der Waals surface area contributed by atoms with E-state index in [9.17, 15) is 0 Å². The molecular formula is C9H18NO. The van der Waals surface area contributed by atoms with Crippen LogP contribution in [0.2, 0.25) is 0 Å². The van der Waals surface area contributed by atoms with Crippen LogP contribution in [0.4, 0.5) is 0 Å². The second-order valence-electron chi connectivity index (χ2n) is 2.53. The smallest absolute Gasteiger partial charge is 0.106 e. The maximum absolute atomic E-state index is 4.53. The predicted molar refractivity (Wildman–Crippen MR) is 48.6 cm³/mol. The molecule has 1 radical (unpaired) electrons. The molecular weight excluding hydrogens is 138 g/mol. The van der Waals surface area contributed by atoms with E-state index in [1.54, 1.807) is 7.11 Å². The van der Waals surface area contributed by atoms with Gasteiger partial charge in [0.1, 0.15) is 7.11 Å². The number of hydrogen-bond donors (Lipinski definition) is 0. The van der Waals surface area contributed by atoms with Gasteiger partial charge in [-0.2, -0.15) is 0 Å². The first-order valence-electron chi connectivity index (χ1n) is 4.26. The van der Waals surface area contributed by atoms with Crippen molar-refractivity contribution < 1.29 is 4.84 Å². The minimum atomic E-state index is 1.03. The van der Waals surface area contributed by atoms with E-state index >= 15 is 0 Å². The molecule has 0 saturated carbocycles. The first kappa shape index (κ1) is 10.5. The van der Waals surface area contributed by atoms with Crippen molar-refractivity contribution in [2.24, 2.45) is 5.16 Å². The summed E-state index contributed by atoms with van der Waals surface area (Å²) in [6.07, 6.45) is 8.96. The largest absolute Gasteiger partial charge is 0.399 e. The molecule has 0 aliphatic rings. The molecule has 0 aliphatic carbocycles. The normalized spacial score (nSPS) is 10.7. The summed E-state index contributed by atoms with van der Waals surface area (Å²) in [4.78, 5) is 4.53. The molecule has 0 aromatic heterocycles. The molecule has 0 spiro atoms. The first-order valence-corrected chi connectivity index (χ1v) is 4.26. The van der Waals surface area contributed by atoms with E-state index in [1.165, 1.54) is 25.7 Å². The topological polar surface area (TPSA) is 21.6 Å². The number of nitrogens with zero attached hydrogens (tertiary/aromatic N) is 1. The van der Waals surface area contributed by atoms with E-state index in [4.69, 9.17) is 0 Å². The zero-order chi connectivity index (χ0) is 8.36. The van der Waals surface area contributed by atoms with Gasteiger partial charge in [0.25, 0.3) is 0 Å². The maximum atomic E-state index is 4.53. The second kappa shape index (κ2) is 9.47. The van der Waals surface area contributed by atoms with Crippen LogP contribution in [-0.2, 0) is 4.84 Å². The van der Waals surface area contributed by atoms with Crippen molar-refractivity contribution in [1.82, 2.24) is 0 Å². The van der Waals surface area contributed by atoms with E-state index in [0.29, 0.717) is 0 Å². The molecule has 11 heavy (non-hydrogen) atoms. The van der Waals surface area contributed by atoms with Crippen LogP contribution in [0.1, 0.15) is 38.5 Å². The molecule has 0 aromatic rings. The van der Waals surface area contributed by atoms with Gasteiger partial charge in [-0.1, -0.05) is 37.8 Å². The monoisotopic (exact) mass is 156 g/mol. The Balaban J connectivity index is 2.85. The molecule has 0 atom stereocenters. The molecule has 0 rings (SSSR count). The number of oxime groups is 1. The van der Waals surface area contributed by atoms with Crippen LogP contribution in [0.5, 0.6) is 0 Å². The molecule has 0 amide bonds. The summed E-state index contributed by atoms with van der Waals surface area (Å²) in [6, 6.07) is 0. The Bertz CT molecular complexity index is 91.6. The Morgan fingerprint density at radius 2 is 2.00 bits per heavy atom. The number of hydrogen-bond acceptors (Lipinski definition) is 2. The Hall–Kier alpha value is -0.530. The summed E-state index contributed by atoms with van der Waals surface area (Å²) in [5.74, 6) is 0. The molecule has 0 N–H and O–H groups in total. The highest BCUT2D eigenvalue weighted by Gasteiger charge is 1.86. The highest BCUT2D eigenvalue weighted by atomic mass is 16.6. The summed E-state index contributed by atoms with van der Waals surface area (Å²) in [7, 11) is 1.57. The SMILES string of the molecule is [CH2]CCCCCCC=NOC. The minimum absolute atomic E-state index is 1.03. The van der Waals surface area contributed by atoms with Gasteiger partial charge in [0.2, 0.25) is 0 Å². The lowest BCUT2D eigenvalue weighted by molar-refractivity contribution is 0.214. The zero-order valence-electron chi connectivity index (χ0n) is 7.38. The third-order valence-electron chi connectivity index (χ3n) is 1.51. The van der Waals surface area contributed by atoms with Crippen molar-refractivity contribution in [2.75, 3.05) is 7.11 Å². The molecule has 0 bridgehead atoms. The van der Waals surface area contributed by atoms with Gasteiger partial charge in [0.05, 0.1) is 0 Å². The standard InChI is InChI=1S/C9H18NO/c1-3-4-5-6-7-8-9-10-11-2/h9H,1,3-8H2,2H3. The summed E-state index contributed by atoms with van der Waals surface area (Å²) in [5.41, 5.74) is 0. The van der Waals surface area contributed by atoms with Crippen molar-refractivity contribution in [3.05, 3.63) is 6.92 Å². The Labute approximate surface area is 69.6 Å².